The maximum absolute atomic E-state index is 13.7. The van der Waals surface area contributed by atoms with E-state index in [2.05, 4.69) is 0 Å². The SMILES string of the molecule is Fc1cccc(-c2cccc(C(F)(F)F)c2CCl)c1F. The second-order valence-corrected chi connectivity index (χ2v) is 4.33. The van der Waals surface area contributed by atoms with Crippen LogP contribution in [0.4, 0.5) is 22.0 Å². The number of hydrogen-bond donors (Lipinski definition) is 0. The lowest BCUT2D eigenvalue weighted by molar-refractivity contribution is -0.138. The summed E-state index contributed by atoms with van der Waals surface area (Å²) in [5, 5.41) is 0. The zero-order valence-corrected chi connectivity index (χ0v) is 10.7. The van der Waals surface area contributed by atoms with Crippen LogP contribution in [0.1, 0.15) is 11.1 Å². The van der Waals surface area contributed by atoms with E-state index >= 15 is 0 Å². The van der Waals surface area contributed by atoms with Crippen LogP contribution in [0.25, 0.3) is 11.1 Å². The van der Waals surface area contributed by atoms with Crippen LogP contribution < -0.4 is 0 Å². The smallest absolute Gasteiger partial charge is 0.204 e. The molecule has 0 amide bonds. The highest BCUT2D eigenvalue weighted by Gasteiger charge is 2.34. The number of benzene rings is 2. The zero-order chi connectivity index (χ0) is 14.9. The molecule has 2 aromatic carbocycles. The van der Waals surface area contributed by atoms with Gasteiger partial charge in [0.1, 0.15) is 0 Å². The summed E-state index contributed by atoms with van der Waals surface area (Å²) < 4.78 is 65.6. The lowest BCUT2D eigenvalue weighted by atomic mass is 9.95. The largest absolute Gasteiger partial charge is 0.416 e. The van der Waals surface area contributed by atoms with Crippen LogP contribution in [0.3, 0.4) is 0 Å². The van der Waals surface area contributed by atoms with E-state index in [-0.39, 0.29) is 16.7 Å². The van der Waals surface area contributed by atoms with Gasteiger partial charge >= 0.3 is 6.18 Å². The van der Waals surface area contributed by atoms with E-state index in [1.54, 1.807) is 0 Å². The fraction of sp³-hybridized carbons (Fsp3) is 0.143. The van der Waals surface area contributed by atoms with Crippen molar-refractivity contribution in [2.45, 2.75) is 12.1 Å². The highest BCUT2D eigenvalue weighted by Crippen LogP contribution is 2.38. The Morgan fingerprint density at radius 2 is 1.50 bits per heavy atom. The quantitative estimate of drug-likeness (QED) is 0.515. The number of rotatable bonds is 2. The molecule has 0 fully saturated rings. The first-order chi connectivity index (χ1) is 9.36. The first-order valence-corrected chi connectivity index (χ1v) is 6.09. The Labute approximate surface area is 116 Å². The summed E-state index contributed by atoms with van der Waals surface area (Å²) in [4.78, 5) is 0. The van der Waals surface area contributed by atoms with Crippen LogP contribution in [0.15, 0.2) is 36.4 Å². The molecule has 0 aliphatic heterocycles. The highest BCUT2D eigenvalue weighted by molar-refractivity contribution is 6.17. The summed E-state index contributed by atoms with van der Waals surface area (Å²) in [5.41, 5.74) is -1.53. The third kappa shape index (κ3) is 2.63. The third-order valence-corrected chi connectivity index (χ3v) is 3.12. The predicted octanol–water partition coefficient (Wildman–Crippen LogP) is 5.39. The molecule has 6 heteroatoms. The summed E-state index contributed by atoms with van der Waals surface area (Å²) in [6.45, 7) is 0. The Morgan fingerprint density at radius 1 is 0.900 bits per heavy atom. The molecule has 20 heavy (non-hydrogen) atoms. The maximum Gasteiger partial charge on any atom is 0.416 e. The van der Waals surface area contributed by atoms with Gasteiger partial charge in [0.2, 0.25) is 0 Å². The van der Waals surface area contributed by atoms with Crippen LogP contribution in [0, 0.1) is 11.6 Å². The molecule has 0 aliphatic rings. The standard InChI is InChI=1S/C14H8ClF5/c15-7-10-8(3-1-5-11(10)14(18,19)20)9-4-2-6-12(16)13(9)17/h1-6H,7H2. The molecule has 0 nitrogen and oxygen atoms in total. The van der Waals surface area contributed by atoms with Crippen molar-refractivity contribution in [3.8, 4) is 11.1 Å². The molecule has 0 spiro atoms. The molecule has 0 atom stereocenters. The molecular weight excluding hydrogens is 299 g/mol. The lowest BCUT2D eigenvalue weighted by Crippen LogP contribution is -2.09. The topological polar surface area (TPSA) is 0 Å². The maximum atomic E-state index is 13.7. The van der Waals surface area contributed by atoms with Crippen molar-refractivity contribution in [1.29, 1.82) is 0 Å². The van der Waals surface area contributed by atoms with Crippen LogP contribution in [0.5, 0.6) is 0 Å². The van der Waals surface area contributed by atoms with Gasteiger partial charge in [-0.25, -0.2) is 8.78 Å². The van der Waals surface area contributed by atoms with Gasteiger partial charge in [-0.1, -0.05) is 24.3 Å². The van der Waals surface area contributed by atoms with Gasteiger partial charge in [-0.3, -0.25) is 0 Å². The average Bonchev–Trinajstić information content (AvgIpc) is 2.40. The van der Waals surface area contributed by atoms with Crippen LogP contribution >= 0.6 is 11.6 Å². The van der Waals surface area contributed by atoms with Crippen LogP contribution in [-0.2, 0) is 12.1 Å². The van der Waals surface area contributed by atoms with Gasteiger partial charge in [0.15, 0.2) is 11.6 Å². The first-order valence-electron chi connectivity index (χ1n) is 5.55. The van der Waals surface area contributed by atoms with E-state index < -0.39 is 29.3 Å². The van der Waals surface area contributed by atoms with Crippen molar-refractivity contribution in [2.75, 3.05) is 0 Å². The fourth-order valence-corrected chi connectivity index (χ4v) is 2.25. The molecule has 0 N–H and O–H groups in total. The Kier molecular flexibility index (Phi) is 3.99. The second kappa shape index (κ2) is 5.40. The summed E-state index contributed by atoms with van der Waals surface area (Å²) in [6.07, 6.45) is -4.61. The minimum Gasteiger partial charge on any atom is -0.204 e. The molecule has 106 valence electrons. The van der Waals surface area contributed by atoms with Crippen molar-refractivity contribution in [3.63, 3.8) is 0 Å². The minimum absolute atomic E-state index is 0.0631. The molecule has 0 saturated heterocycles. The summed E-state index contributed by atoms with van der Waals surface area (Å²) in [7, 11) is 0. The molecular formula is C14H8ClF5. The average molecular weight is 307 g/mol. The predicted molar refractivity (Wildman–Crippen MR) is 66.4 cm³/mol. The number of halogens is 6. The van der Waals surface area contributed by atoms with E-state index in [0.29, 0.717) is 0 Å². The third-order valence-electron chi connectivity index (χ3n) is 2.86. The van der Waals surface area contributed by atoms with Gasteiger partial charge in [0.05, 0.1) is 5.56 Å². The molecule has 0 unspecified atom stereocenters. The molecule has 0 aromatic heterocycles. The fourth-order valence-electron chi connectivity index (χ4n) is 1.96. The van der Waals surface area contributed by atoms with Crippen molar-refractivity contribution in [1.82, 2.24) is 0 Å². The molecule has 0 heterocycles. The molecule has 0 aliphatic carbocycles. The van der Waals surface area contributed by atoms with Crippen molar-refractivity contribution >= 4 is 11.6 Å². The van der Waals surface area contributed by atoms with Gasteiger partial charge in [-0.05, 0) is 23.3 Å². The minimum atomic E-state index is -4.61. The van der Waals surface area contributed by atoms with Gasteiger partial charge in [-0.2, -0.15) is 13.2 Å². The van der Waals surface area contributed by atoms with Crippen molar-refractivity contribution in [2.24, 2.45) is 0 Å². The van der Waals surface area contributed by atoms with Gasteiger partial charge in [0.25, 0.3) is 0 Å². The van der Waals surface area contributed by atoms with E-state index in [1.807, 2.05) is 0 Å². The van der Waals surface area contributed by atoms with Crippen molar-refractivity contribution < 1.29 is 22.0 Å². The van der Waals surface area contributed by atoms with Gasteiger partial charge in [-0.15, -0.1) is 11.6 Å². The normalized spacial score (nSPS) is 11.7. The Bertz CT molecular complexity index is 634. The van der Waals surface area contributed by atoms with Gasteiger partial charge < -0.3 is 0 Å². The summed E-state index contributed by atoms with van der Waals surface area (Å²) in [5.74, 6) is -2.78. The Hall–Kier alpha value is -1.62. The summed E-state index contributed by atoms with van der Waals surface area (Å²) >= 11 is 5.57. The Balaban J connectivity index is 2.72. The molecule has 0 radical (unpaired) electrons. The van der Waals surface area contributed by atoms with Gasteiger partial charge in [0, 0.05) is 11.4 Å². The van der Waals surface area contributed by atoms with E-state index in [0.717, 1.165) is 18.2 Å². The van der Waals surface area contributed by atoms with E-state index in [4.69, 9.17) is 11.6 Å². The number of alkyl halides is 4. The molecule has 0 saturated carbocycles. The monoisotopic (exact) mass is 306 g/mol. The molecule has 0 bridgehead atoms. The van der Waals surface area contributed by atoms with Crippen molar-refractivity contribution in [3.05, 3.63) is 59.2 Å². The van der Waals surface area contributed by atoms with E-state index in [9.17, 15) is 22.0 Å². The zero-order valence-electron chi connectivity index (χ0n) is 9.94. The van der Waals surface area contributed by atoms with Crippen LogP contribution in [0.2, 0.25) is 0 Å². The lowest BCUT2D eigenvalue weighted by Gasteiger charge is -2.15. The Morgan fingerprint density at radius 3 is 2.10 bits per heavy atom. The van der Waals surface area contributed by atoms with Crippen LogP contribution in [-0.4, -0.2) is 0 Å². The second-order valence-electron chi connectivity index (χ2n) is 4.06. The molecule has 2 rings (SSSR count). The number of hydrogen-bond acceptors (Lipinski definition) is 0. The molecule has 2 aromatic rings. The highest BCUT2D eigenvalue weighted by atomic mass is 35.5. The van der Waals surface area contributed by atoms with E-state index in [1.165, 1.54) is 18.2 Å². The summed E-state index contributed by atoms with van der Waals surface area (Å²) in [6, 6.07) is 6.62. The first kappa shape index (κ1) is 14.8.